The average Bonchev–Trinajstić information content (AvgIpc) is 2.25. The second-order valence-corrected chi connectivity index (χ2v) is 5.10. The van der Waals surface area contributed by atoms with Crippen LogP contribution >= 0.6 is 0 Å². The van der Waals surface area contributed by atoms with E-state index in [1.807, 2.05) is 0 Å². The Morgan fingerprint density at radius 1 is 1.42 bits per heavy atom. The molecule has 6 heteroatoms. The number of nitrogens with one attached hydrogen (secondary N) is 1. The van der Waals surface area contributed by atoms with Gasteiger partial charge in [-0.1, -0.05) is 6.07 Å². The van der Waals surface area contributed by atoms with Gasteiger partial charge >= 0.3 is 6.09 Å². The summed E-state index contributed by atoms with van der Waals surface area (Å²) in [6.07, 6.45) is -1.79. The third kappa shape index (κ3) is 4.76. The van der Waals surface area contributed by atoms with Crippen molar-refractivity contribution in [2.45, 2.75) is 32.5 Å². The fourth-order valence-corrected chi connectivity index (χ4v) is 1.42. The van der Waals surface area contributed by atoms with Crippen molar-refractivity contribution in [3.63, 3.8) is 0 Å². The number of aromatic hydroxyl groups is 1. The van der Waals surface area contributed by atoms with Crippen LogP contribution in [0.3, 0.4) is 0 Å². The van der Waals surface area contributed by atoms with Crippen LogP contribution in [0.2, 0.25) is 0 Å². The summed E-state index contributed by atoms with van der Waals surface area (Å²) in [6.45, 7) is 4.73. The van der Waals surface area contributed by atoms with Crippen LogP contribution in [0.1, 0.15) is 32.4 Å². The van der Waals surface area contributed by atoms with E-state index in [0.717, 1.165) is 0 Å². The topological polar surface area (TPSA) is 99.0 Å². The molecule has 6 nitrogen and oxygen atoms in total. The minimum Gasteiger partial charge on any atom is -0.507 e. The number of aliphatic hydroxyl groups is 2. The molecule has 0 spiro atoms. The zero-order chi connectivity index (χ0) is 14.6. The quantitative estimate of drug-likeness (QED) is 0.670. The molecule has 0 heterocycles. The molecule has 0 fully saturated rings. The van der Waals surface area contributed by atoms with Crippen LogP contribution in [-0.4, -0.2) is 33.6 Å². The van der Waals surface area contributed by atoms with Gasteiger partial charge in [0.25, 0.3) is 0 Å². The molecular weight excluding hydrogens is 250 g/mol. The van der Waals surface area contributed by atoms with Crippen LogP contribution in [-0.2, 0) is 4.74 Å². The van der Waals surface area contributed by atoms with Crippen molar-refractivity contribution in [2.24, 2.45) is 0 Å². The summed E-state index contributed by atoms with van der Waals surface area (Å²) in [7, 11) is 0. The SMILES string of the molecule is CC(C)(C)OC(=O)Nc1ccc(C(O)CO)c(O)c1. The van der Waals surface area contributed by atoms with Gasteiger partial charge in [-0.3, -0.25) is 5.32 Å². The number of rotatable bonds is 3. The maximum Gasteiger partial charge on any atom is 0.412 e. The zero-order valence-electron chi connectivity index (χ0n) is 11.2. The summed E-state index contributed by atoms with van der Waals surface area (Å²) in [5.41, 5.74) is -0.0861. The first-order valence-corrected chi connectivity index (χ1v) is 5.85. The minimum atomic E-state index is -1.16. The Morgan fingerprint density at radius 2 is 2.05 bits per heavy atom. The van der Waals surface area contributed by atoms with Gasteiger partial charge < -0.3 is 20.1 Å². The Hall–Kier alpha value is -1.79. The van der Waals surface area contributed by atoms with E-state index in [0.29, 0.717) is 5.69 Å². The fraction of sp³-hybridized carbons (Fsp3) is 0.462. The second-order valence-electron chi connectivity index (χ2n) is 5.10. The molecule has 0 bridgehead atoms. The lowest BCUT2D eigenvalue weighted by Gasteiger charge is -2.20. The van der Waals surface area contributed by atoms with E-state index in [2.05, 4.69) is 5.32 Å². The Morgan fingerprint density at radius 3 is 2.53 bits per heavy atom. The molecule has 1 rings (SSSR count). The lowest BCUT2D eigenvalue weighted by atomic mass is 10.1. The summed E-state index contributed by atoms with van der Waals surface area (Å²) in [5, 5.41) is 30.4. The summed E-state index contributed by atoms with van der Waals surface area (Å²) >= 11 is 0. The summed E-state index contributed by atoms with van der Waals surface area (Å²) in [6, 6.07) is 4.19. The Labute approximate surface area is 111 Å². The standard InChI is InChI=1S/C13H19NO5/c1-13(2,3)19-12(18)14-8-4-5-9(10(16)6-8)11(17)7-15/h4-6,11,15-17H,7H2,1-3H3,(H,14,18). The number of anilines is 1. The monoisotopic (exact) mass is 269 g/mol. The van der Waals surface area contributed by atoms with Crippen LogP contribution in [0.4, 0.5) is 10.5 Å². The first-order chi connectivity index (χ1) is 8.73. The number of benzene rings is 1. The van der Waals surface area contributed by atoms with Crippen molar-refractivity contribution in [3.8, 4) is 5.75 Å². The van der Waals surface area contributed by atoms with E-state index < -0.39 is 24.4 Å². The van der Waals surface area contributed by atoms with Crippen molar-refractivity contribution < 1.29 is 24.9 Å². The molecular formula is C13H19NO5. The Bertz CT molecular complexity index is 453. The van der Waals surface area contributed by atoms with Gasteiger partial charge in [-0.15, -0.1) is 0 Å². The number of amides is 1. The van der Waals surface area contributed by atoms with Crippen LogP contribution in [0.25, 0.3) is 0 Å². The van der Waals surface area contributed by atoms with Crippen molar-refractivity contribution in [1.29, 1.82) is 0 Å². The minimum absolute atomic E-state index is 0.192. The van der Waals surface area contributed by atoms with E-state index in [1.165, 1.54) is 18.2 Å². The fourth-order valence-electron chi connectivity index (χ4n) is 1.42. The first kappa shape index (κ1) is 15.3. The molecule has 0 saturated heterocycles. The molecule has 1 atom stereocenters. The lowest BCUT2D eigenvalue weighted by Crippen LogP contribution is -2.27. The number of ether oxygens (including phenoxy) is 1. The molecule has 0 radical (unpaired) electrons. The van der Waals surface area contributed by atoms with Crippen molar-refractivity contribution in [2.75, 3.05) is 11.9 Å². The average molecular weight is 269 g/mol. The Kier molecular flexibility index (Phi) is 4.74. The van der Waals surface area contributed by atoms with E-state index in [1.54, 1.807) is 20.8 Å². The number of hydrogen-bond acceptors (Lipinski definition) is 5. The van der Waals surface area contributed by atoms with Crippen LogP contribution < -0.4 is 5.32 Å². The van der Waals surface area contributed by atoms with Crippen LogP contribution in [0.15, 0.2) is 18.2 Å². The van der Waals surface area contributed by atoms with Gasteiger partial charge in [0.2, 0.25) is 0 Å². The molecule has 0 saturated carbocycles. The van der Waals surface area contributed by atoms with Crippen molar-refractivity contribution in [1.82, 2.24) is 0 Å². The van der Waals surface area contributed by atoms with Gasteiger partial charge in [0.1, 0.15) is 17.5 Å². The molecule has 106 valence electrons. The summed E-state index contributed by atoms with van der Waals surface area (Å²) < 4.78 is 5.06. The number of phenolic OH excluding ortho intramolecular Hbond substituents is 1. The van der Waals surface area contributed by atoms with Crippen LogP contribution in [0, 0.1) is 0 Å². The number of phenols is 1. The predicted molar refractivity (Wildman–Crippen MR) is 70.0 cm³/mol. The number of carbonyl (C=O) groups excluding carboxylic acids is 1. The maximum absolute atomic E-state index is 11.5. The highest BCUT2D eigenvalue weighted by Gasteiger charge is 2.17. The first-order valence-electron chi connectivity index (χ1n) is 5.85. The molecule has 1 aromatic carbocycles. The second kappa shape index (κ2) is 5.90. The zero-order valence-corrected chi connectivity index (χ0v) is 11.2. The van der Waals surface area contributed by atoms with Gasteiger partial charge in [0.15, 0.2) is 0 Å². The molecule has 0 aliphatic carbocycles. The maximum atomic E-state index is 11.5. The largest absolute Gasteiger partial charge is 0.507 e. The molecule has 1 aromatic rings. The molecule has 4 N–H and O–H groups in total. The highest BCUT2D eigenvalue weighted by atomic mass is 16.6. The normalized spacial score (nSPS) is 12.9. The van der Waals surface area contributed by atoms with Gasteiger partial charge in [0, 0.05) is 17.3 Å². The number of hydrogen-bond donors (Lipinski definition) is 4. The summed E-state index contributed by atoms with van der Waals surface area (Å²) in [4.78, 5) is 11.5. The molecule has 0 aliphatic heterocycles. The van der Waals surface area contributed by atoms with Gasteiger partial charge in [-0.05, 0) is 26.8 Å². The highest BCUT2D eigenvalue weighted by Crippen LogP contribution is 2.27. The molecule has 0 aliphatic rings. The van der Waals surface area contributed by atoms with E-state index >= 15 is 0 Å². The van der Waals surface area contributed by atoms with E-state index in [9.17, 15) is 15.0 Å². The molecule has 1 amide bonds. The number of aliphatic hydroxyl groups excluding tert-OH is 2. The molecule has 1 unspecified atom stereocenters. The lowest BCUT2D eigenvalue weighted by molar-refractivity contribution is 0.0636. The van der Waals surface area contributed by atoms with E-state index in [4.69, 9.17) is 9.84 Å². The third-order valence-corrected chi connectivity index (χ3v) is 2.21. The third-order valence-electron chi connectivity index (χ3n) is 2.21. The molecule has 0 aromatic heterocycles. The smallest absolute Gasteiger partial charge is 0.412 e. The highest BCUT2D eigenvalue weighted by molar-refractivity contribution is 5.85. The summed E-state index contributed by atoms with van der Waals surface area (Å²) in [5.74, 6) is -0.213. The van der Waals surface area contributed by atoms with E-state index in [-0.39, 0.29) is 11.3 Å². The van der Waals surface area contributed by atoms with Crippen molar-refractivity contribution in [3.05, 3.63) is 23.8 Å². The van der Waals surface area contributed by atoms with Gasteiger partial charge in [-0.2, -0.15) is 0 Å². The van der Waals surface area contributed by atoms with Crippen molar-refractivity contribution >= 4 is 11.8 Å². The van der Waals surface area contributed by atoms with Gasteiger partial charge in [-0.25, -0.2) is 4.79 Å². The van der Waals surface area contributed by atoms with Gasteiger partial charge in [0.05, 0.1) is 6.61 Å². The molecule has 19 heavy (non-hydrogen) atoms. The Balaban J connectivity index is 2.76. The number of carbonyl (C=O) groups is 1. The van der Waals surface area contributed by atoms with Crippen LogP contribution in [0.5, 0.6) is 5.75 Å². The predicted octanol–water partition coefficient (Wildman–Crippen LogP) is 1.76.